The van der Waals surface area contributed by atoms with Crippen LogP contribution >= 0.6 is 0 Å². The van der Waals surface area contributed by atoms with E-state index in [1.807, 2.05) is 0 Å². The molecule has 90 valence electrons. The van der Waals surface area contributed by atoms with Gasteiger partial charge in [-0.25, -0.2) is 18.2 Å². The van der Waals surface area contributed by atoms with Crippen LogP contribution < -0.4 is 0 Å². The summed E-state index contributed by atoms with van der Waals surface area (Å²) in [6.45, 7) is 0. The Bertz CT molecular complexity index is 697. The van der Waals surface area contributed by atoms with Crippen LogP contribution in [-0.2, 0) is 0 Å². The molecule has 3 aromatic rings. The number of nitrogens with zero attached hydrogens (tertiary/aromatic N) is 1. The molecule has 0 saturated carbocycles. The number of fused-ring (bicyclic) bond motifs is 1. The molecule has 0 aliphatic rings. The van der Waals surface area contributed by atoms with Gasteiger partial charge < -0.3 is 4.42 Å². The summed E-state index contributed by atoms with van der Waals surface area (Å²) in [4.78, 5) is 3.93. The van der Waals surface area contributed by atoms with Crippen molar-refractivity contribution in [3.63, 3.8) is 0 Å². The predicted octanol–water partition coefficient (Wildman–Crippen LogP) is 3.91. The van der Waals surface area contributed by atoms with E-state index in [1.54, 1.807) is 6.07 Å². The first-order valence-electron chi connectivity index (χ1n) is 5.15. The first kappa shape index (κ1) is 10.8. The monoisotopic (exact) mass is 249 g/mol. The van der Waals surface area contributed by atoms with Gasteiger partial charge in [0, 0.05) is 12.1 Å². The highest BCUT2D eigenvalue weighted by Crippen LogP contribution is 2.27. The van der Waals surface area contributed by atoms with E-state index in [4.69, 9.17) is 4.42 Å². The molecule has 5 heteroatoms. The Balaban J connectivity index is 2.23. The molecular formula is C13H6F3NO. The van der Waals surface area contributed by atoms with E-state index in [1.165, 1.54) is 18.2 Å². The van der Waals surface area contributed by atoms with Gasteiger partial charge in [-0.2, -0.15) is 0 Å². The Morgan fingerprint density at radius 2 is 1.61 bits per heavy atom. The third-order valence-corrected chi connectivity index (χ3v) is 2.53. The van der Waals surface area contributed by atoms with Gasteiger partial charge in [0.05, 0.1) is 5.56 Å². The lowest BCUT2D eigenvalue weighted by atomic mass is 10.2. The minimum Gasteiger partial charge on any atom is -0.436 e. The summed E-state index contributed by atoms with van der Waals surface area (Å²) in [5.41, 5.74) is 0.369. The second-order valence-electron chi connectivity index (χ2n) is 3.73. The maximum absolute atomic E-state index is 13.5. The summed E-state index contributed by atoms with van der Waals surface area (Å²) in [7, 11) is 0. The van der Waals surface area contributed by atoms with E-state index in [0.717, 1.165) is 12.1 Å². The minimum absolute atomic E-state index is 0.00639. The fourth-order valence-electron chi connectivity index (χ4n) is 1.67. The molecule has 2 nitrogen and oxygen atoms in total. The molecule has 2 aromatic carbocycles. The predicted molar refractivity (Wildman–Crippen MR) is 59.3 cm³/mol. The highest BCUT2D eigenvalue weighted by molar-refractivity contribution is 5.76. The van der Waals surface area contributed by atoms with E-state index in [9.17, 15) is 13.2 Å². The highest BCUT2D eigenvalue weighted by Gasteiger charge is 2.14. The first-order valence-corrected chi connectivity index (χ1v) is 5.15. The van der Waals surface area contributed by atoms with Crippen LogP contribution in [0.4, 0.5) is 13.2 Å². The number of benzene rings is 2. The fourth-order valence-corrected chi connectivity index (χ4v) is 1.67. The van der Waals surface area contributed by atoms with E-state index in [2.05, 4.69) is 4.98 Å². The second-order valence-corrected chi connectivity index (χ2v) is 3.73. The van der Waals surface area contributed by atoms with Crippen molar-refractivity contribution in [1.82, 2.24) is 4.98 Å². The Morgan fingerprint density at radius 1 is 0.889 bits per heavy atom. The summed E-state index contributed by atoms with van der Waals surface area (Å²) < 4.78 is 44.7. The molecule has 0 atom stereocenters. The van der Waals surface area contributed by atoms with Gasteiger partial charge in [0.2, 0.25) is 5.89 Å². The molecule has 0 bridgehead atoms. The van der Waals surface area contributed by atoms with Gasteiger partial charge in [0.15, 0.2) is 17.2 Å². The average Bonchev–Trinajstić information content (AvgIpc) is 2.73. The molecule has 3 rings (SSSR count). The Morgan fingerprint density at radius 3 is 2.39 bits per heavy atom. The molecule has 1 heterocycles. The number of hydrogen-bond donors (Lipinski definition) is 0. The molecule has 0 spiro atoms. The summed E-state index contributed by atoms with van der Waals surface area (Å²) in [6, 6.07) is 7.69. The van der Waals surface area contributed by atoms with Crippen molar-refractivity contribution in [2.45, 2.75) is 0 Å². The maximum Gasteiger partial charge on any atom is 0.230 e. The lowest BCUT2D eigenvalue weighted by Crippen LogP contribution is -1.83. The Hall–Kier alpha value is -2.30. The average molecular weight is 249 g/mol. The molecule has 0 N–H and O–H groups in total. The molecule has 0 unspecified atom stereocenters. The van der Waals surface area contributed by atoms with Crippen molar-refractivity contribution in [2.24, 2.45) is 0 Å². The molecule has 0 amide bonds. The normalized spacial score (nSPS) is 11.1. The van der Waals surface area contributed by atoms with Gasteiger partial charge in [-0.1, -0.05) is 12.1 Å². The summed E-state index contributed by atoms with van der Waals surface area (Å²) >= 11 is 0. The van der Waals surface area contributed by atoms with Crippen molar-refractivity contribution in [3.8, 4) is 11.5 Å². The van der Waals surface area contributed by atoms with E-state index >= 15 is 0 Å². The quantitative estimate of drug-likeness (QED) is 0.653. The van der Waals surface area contributed by atoms with Crippen molar-refractivity contribution >= 4 is 11.1 Å². The van der Waals surface area contributed by atoms with E-state index < -0.39 is 17.5 Å². The molecule has 18 heavy (non-hydrogen) atoms. The van der Waals surface area contributed by atoms with Crippen LogP contribution in [0.5, 0.6) is 0 Å². The third-order valence-electron chi connectivity index (χ3n) is 2.53. The van der Waals surface area contributed by atoms with Crippen LogP contribution in [-0.4, -0.2) is 4.98 Å². The van der Waals surface area contributed by atoms with Gasteiger partial charge in [-0.15, -0.1) is 0 Å². The van der Waals surface area contributed by atoms with Crippen molar-refractivity contribution in [1.29, 1.82) is 0 Å². The zero-order valence-electron chi connectivity index (χ0n) is 8.95. The lowest BCUT2D eigenvalue weighted by Gasteiger charge is -1.95. The topological polar surface area (TPSA) is 26.0 Å². The van der Waals surface area contributed by atoms with Crippen LogP contribution in [0.25, 0.3) is 22.6 Å². The number of rotatable bonds is 1. The zero-order valence-corrected chi connectivity index (χ0v) is 8.95. The Labute approximate surface area is 99.7 Å². The van der Waals surface area contributed by atoms with E-state index in [-0.39, 0.29) is 22.6 Å². The lowest BCUT2D eigenvalue weighted by molar-refractivity contribution is 0.507. The molecule has 0 aliphatic heterocycles. The van der Waals surface area contributed by atoms with Crippen molar-refractivity contribution in [3.05, 3.63) is 53.8 Å². The number of halogens is 3. The van der Waals surface area contributed by atoms with Gasteiger partial charge in [0.1, 0.15) is 11.3 Å². The third kappa shape index (κ3) is 1.64. The standard InChI is InChI=1S/C13H6F3NO/c14-8-4-2-1-3-7(8)13-17-11-5-9(15)10(16)6-12(11)18-13/h1-6H. The fraction of sp³-hybridized carbons (Fsp3) is 0. The van der Waals surface area contributed by atoms with Crippen LogP contribution in [0.1, 0.15) is 0 Å². The number of oxazole rings is 1. The minimum atomic E-state index is -1.03. The first-order chi connectivity index (χ1) is 8.65. The maximum atomic E-state index is 13.5. The van der Waals surface area contributed by atoms with Crippen molar-refractivity contribution < 1.29 is 17.6 Å². The largest absolute Gasteiger partial charge is 0.436 e. The zero-order chi connectivity index (χ0) is 12.7. The highest BCUT2D eigenvalue weighted by atomic mass is 19.2. The van der Waals surface area contributed by atoms with Crippen LogP contribution in [0.3, 0.4) is 0 Å². The smallest absolute Gasteiger partial charge is 0.230 e. The van der Waals surface area contributed by atoms with Crippen LogP contribution in [0.2, 0.25) is 0 Å². The van der Waals surface area contributed by atoms with Gasteiger partial charge in [-0.05, 0) is 12.1 Å². The van der Waals surface area contributed by atoms with Gasteiger partial charge in [0.25, 0.3) is 0 Å². The SMILES string of the molecule is Fc1cc2nc(-c3ccccc3F)oc2cc1F. The van der Waals surface area contributed by atoms with E-state index in [0.29, 0.717) is 0 Å². The molecule has 1 aromatic heterocycles. The molecule has 0 saturated heterocycles. The van der Waals surface area contributed by atoms with Crippen molar-refractivity contribution in [2.75, 3.05) is 0 Å². The molecular weight excluding hydrogens is 243 g/mol. The van der Waals surface area contributed by atoms with Crippen LogP contribution in [0, 0.1) is 17.5 Å². The number of hydrogen-bond acceptors (Lipinski definition) is 2. The Kier molecular flexibility index (Phi) is 2.33. The second kappa shape index (κ2) is 3.87. The van der Waals surface area contributed by atoms with Gasteiger partial charge in [-0.3, -0.25) is 0 Å². The summed E-state index contributed by atoms with van der Waals surface area (Å²) in [5.74, 6) is -2.56. The molecule has 0 radical (unpaired) electrons. The summed E-state index contributed by atoms with van der Waals surface area (Å²) in [6.07, 6.45) is 0. The number of aromatic nitrogens is 1. The van der Waals surface area contributed by atoms with Gasteiger partial charge >= 0.3 is 0 Å². The molecule has 0 aliphatic carbocycles. The summed E-state index contributed by atoms with van der Waals surface area (Å²) in [5, 5.41) is 0. The van der Waals surface area contributed by atoms with Crippen LogP contribution in [0.15, 0.2) is 40.8 Å². The molecule has 0 fully saturated rings.